The molecule has 0 saturated heterocycles. The number of halogens is 1. The average molecular weight is 255 g/mol. The van der Waals surface area contributed by atoms with E-state index in [2.05, 4.69) is 11.9 Å². The van der Waals surface area contributed by atoms with Gasteiger partial charge < -0.3 is 15.4 Å². The Hall–Kier alpha value is -0.770. The molecule has 0 aromatic heterocycles. The first-order valence-corrected chi connectivity index (χ1v) is 6.20. The van der Waals surface area contributed by atoms with Crippen LogP contribution in [0.15, 0.2) is 18.2 Å². The zero-order chi connectivity index (χ0) is 12.5. The maximum Gasteiger partial charge on any atom is 0.120 e. The second kappa shape index (κ2) is 4.84. The fourth-order valence-corrected chi connectivity index (χ4v) is 2.22. The van der Waals surface area contributed by atoms with Gasteiger partial charge in [0.05, 0.1) is 7.11 Å². The van der Waals surface area contributed by atoms with E-state index < -0.39 is 0 Å². The number of benzene rings is 1. The molecule has 0 amide bonds. The zero-order valence-electron chi connectivity index (χ0n) is 10.4. The molecule has 17 heavy (non-hydrogen) atoms. The Kier molecular flexibility index (Phi) is 3.61. The van der Waals surface area contributed by atoms with Crippen LogP contribution in [0.5, 0.6) is 5.75 Å². The summed E-state index contributed by atoms with van der Waals surface area (Å²) in [7, 11) is 3.72. The van der Waals surface area contributed by atoms with Gasteiger partial charge in [-0.3, -0.25) is 0 Å². The van der Waals surface area contributed by atoms with Crippen molar-refractivity contribution in [1.29, 1.82) is 0 Å². The van der Waals surface area contributed by atoms with E-state index in [1.54, 1.807) is 7.11 Å². The third kappa shape index (κ3) is 3.35. The van der Waals surface area contributed by atoms with Gasteiger partial charge in [-0.15, -0.1) is 0 Å². The first kappa shape index (κ1) is 12.7. The van der Waals surface area contributed by atoms with Crippen LogP contribution < -0.4 is 10.5 Å². The van der Waals surface area contributed by atoms with E-state index in [0.717, 1.165) is 42.3 Å². The van der Waals surface area contributed by atoms with E-state index in [1.165, 1.54) is 0 Å². The molecule has 0 heterocycles. The highest BCUT2D eigenvalue weighted by Crippen LogP contribution is 2.33. The van der Waals surface area contributed by atoms with Crippen LogP contribution in [0.25, 0.3) is 0 Å². The topological polar surface area (TPSA) is 38.5 Å². The smallest absolute Gasteiger partial charge is 0.120 e. The molecule has 0 atom stereocenters. The predicted molar refractivity (Wildman–Crippen MR) is 70.5 cm³/mol. The second-order valence-corrected chi connectivity index (χ2v) is 5.40. The molecule has 1 aliphatic rings. The number of nitrogens with two attached hydrogens (primary N) is 1. The molecule has 1 fully saturated rings. The summed E-state index contributed by atoms with van der Waals surface area (Å²) in [6, 6.07) is 5.79. The fourth-order valence-electron chi connectivity index (χ4n) is 1.99. The molecule has 2 N–H and O–H groups in total. The van der Waals surface area contributed by atoms with Crippen LogP contribution in [-0.4, -0.2) is 31.1 Å². The monoisotopic (exact) mass is 254 g/mol. The van der Waals surface area contributed by atoms with Crippen molar-refractivity contribution in [2.45, 2.75) is 24.9 Å². The highest BCUT2D eigenvalue weighted by atomic mass is 35.5. The first-order chi connectivity index (χ1) is 8.02. The standard InChI is InChI=1S/C13H19ClN2O/c1-16(9-13(15)5-6-13)8-10-3-4-11(17-2)7-12(10)14/h3-4,7H,5-6,8-9,15H2,1-2H3. The summed E-state index contributed by atoms with van der Waals surface area (Å²) in [6.07, 6.45) is 2.27. The van der Waals surface area contributed by atoms with E-state index in [0.29, 0.717) is 0 Å². The summed E-state index contributed by atoms with van der Waals surface area (Å²) < 4.78 is 5.13. The highest BCUT2D eigenvalue weighted by molar-refractivity contribution is 6.31. The molecule has 0 bridgehead atoms. The molecule has 1 saturated carbocycles. The lowest BCUT2D eigenvalue weighted by Gasteiger charge is -2.21. The fraction of sp³-hybridized carbons (Fsp3) is 0.538. The average Bonchev–Trinajstić information content (AvgIpc) is 2.98. The van der Waals surface area contributed by atoms with Crippen molar-refractivity contribution in [2.75, 3.05) is 20.7 Å². The molecule has 4 heteroatoms. The Morgan fingerprint density at radius 1 is 1.47 bits per heavy atom. The molecule has 1 aromatic rings. The number of ether oxygens (including phenoxy) is 1. The Balaban J connectivity index is 1.97. The van der Waals surface area contributed by atoms with Crippen LogP contribution in [-0.2, 0) is 6.54 Å². The van der Waals surface area contributed by atoms with E-state index in [1.807, 2.05) is 18.2 Å². The predicted octanol–water partition coefficient (Wildman–Crippen LogP) is 2.27. The molecule has 3 nitrogen and oxygen atoms in total. The minimum Gasteiger partial charge on any atom is -0.497 e. The van der Waals surface area contributed by atoms with Gasteiger partial charge in [-0.1, -0.05) is 17.7 Å². The Morgan fingerprint density at radius 2 is 2.18 bits per heavy atom. The summed E-state index contributed by atoms with van der Waals surface area (Å²) in [5.74, 6) is 0.791. The van der Waals surface area contributed by atoms with Crippen LogP contribution in [0.1, 0.15) is 18.4 Å². The molecule has 0 unspecified atom stereocenters. The summed E-state index contributed by atoms with van der Waals surface area (Å²) in [6.45, 7) is 1.75. The highest BCUT2D eigenvalue weighted by Gasteiger charge is 2.38. The van der Waals surface area contributed by atoms with Crippen LogP contribution in [0, 0.1) is 0 Å². The Bertz CT molecular complexity index is 404. The molecule has 0 aliphatic heterocycles. The molecular weight excluding hydrogens is 236 g/mol. The lowest BCUT2D eigenvalue weighted by molar-refractivity contribution is 0.295. The minimum atomic E-state index is 0.0493. The molecule has 1 aromatic carbocycles. The Labute approximate surface area is 107 Å². The van der Waals surface area contributed by atoms with Gasteiger partial charge in [-0.2, -0.15) is 0 Å². The summed E-state index contributed by atoms with van der Waals surface area (Å²) in [5, 5.41) is 0.748. The SMILES string of the molecule is COc1ccc(CN(C)CC2(N)CC2)c(Cl)c1. The number of nitrogens with zero attached hydrogens (tertiary/aromatic N) is 1. The summed E-state index contributed by atoms with van der Waals surface area (Å²) in [5.41, 5.74) is 7.25. The third-order valence-electron chi connectivity index (χ3n) is 3.18. The quantitative estimate of drug-likeness (QED) is 0.876. The maximum atomic E-state index is 6.20. The van der Waals surface area contributed by atoms with E-state index in [4.69, 9.17) is 22.1 Å². The van der Waals surface area contributed by atoms with Crippen LogP contribution in [0.2, 0.25) is 5.02 Å². The number of methoxy groups -OCH3 is 1. The summed E-state index contributed by atoms with van der Waals surface area (Å²) in [4.78, 5) is 2.22. The third-order valence-corrected chi connectivity index (χ3v) is 3.53. The van der Waals surface area contributed by atoms with E-state index in [-0.39, 0.29) is 5.54 Å². The van der Waals surface area contributed by atoms with E-state index in [9.17, 15) is 0 Å². The van der Waals surface area contributed by atoms with Crippen molar-refractivity contribution in [1.82, 2.24) is 4.90 Å². The normalized spacial score (nSPS) is 17.2. The zero-order valence-corrected chi connectivity index (χ0v) is 11.1. The van der Waals surface area contributed by atoms with Gasteiger partial charge >= 0.3 is 0 Å². The molecule has 2 rings (SSSR count). The van der Waals surface area contributed by atoms with Crippen molar-refractivity contribution in [3.05, 3.63) is 28.8 Å². The van der Waals surface area contributed by atoms with Crippen molar-refractivity contribution in [3.63, 3.8) is 0 Å². The molecule has 0 radical (unpaired) electrons. The number of hydrogen-bond donors (Lipinski definition) is 1. The van der Waals surface area contributed by atoms with Gasteiger partial charge in [0.15, 0.2) is 0 Å². The van der Waals surface area contributed by atoms with Gasteiger partial charge in [0, 0.05) is 23.7 Å². The number of rotatable bonds is 5. The van der Waals surface area contributed by atoms with Crippen molar-refractivity contribution in [3.8, 4) is 5.75 Å². The first-order valence-electron chi connectivity index (χ1n) is 5.82. The van der Waals surface area contributed by atoms with Crippen molar-refractivity contribution >= 4 is 11.6 Å². The maximum absolute atomic E-state index is 6.20. The summed E-state index contributed by atoms with van der Waals surface area (Å²) >= 11 is 6.20. The Morgan fingerprint density at radius 3 is 2.71 bits per heavy atom. The number of likely N-dealkylation sites (N-methyl/N-ethyl adjacent to an activating group) is 1. The van der Waals surface area contributed by atoms with Crippen LogP contribution in [0.4, 0.5) is 0 Å². The van der Waals surface area contributed by atoms with Gasteiger partial charge in [-0.05, 0) is 37.6 Å². The van der Waals surface area contributed by atoms with Gasteiger partial charge in [-0.25, -0.2) is 0 Å². The molecule has 94 valence electrons. The van der Waals surface area contributed by atoms with Gasteiger partial charge in [0.2, 0.25) is 0 Å². The van der Waals surface area contributed by atoms with Crippen LogP contribution in [0.3, 0.4) is 0 Å². The van der Waals surface area contributed by atoms with Crippen molar-refractivity contribution < 1.29 is 4.74 Å². The molecular formula is C13H19ClN2O. The molecule has 0 spiro atoms. The lowest BCUT2D eigenvalue weighted by Crippen LogP contribution is -2.36. The van der Waals surface area contributed by atoms with E-state index >= 15 is 0 Å². The largest absolute Gasteiger partial charge is 0.497 e. The number of hydrogen-bond acceptors (Lipinski definition) is 3. The van der Waals surface area contributed by atoms with Gasteiger partial charge in [0.25, 0.3) is 0 Å². The van der Waals surface area contributed by atoms with Gasteiger partial charge in [0.1, 0.15) is 5.75 Å². The van der Waals surface area contributed by atoms with Crippen LogP contribution >= 0.6 is 11.6 Å². The molecule has 1 aliphatic carbocycles. The lowest BCUT2D eigenvalue weighted by atomic mass is 10.2. The minimum absolute atomic E-state index is 0.0493. The van der Waals surface area contributed by atoms with Crippen molar-refractivity contribution in [2.24, 2.45) is 5.73 Å². The second-order valence-electron chi connectivity index (χ2n) is 4.99.